The van der Waals surface area contributed by atoms with E-state index in [-0.39, 0.29) is 11.9 Å². The Morgan fingerprint density at radius 1 is 1.40 bits per heavy atom. The molecule has 2 N–H and O–H groups in total. The minimum absolute atomic E-state index is 0.0297. The van der Waals surface area contributed by atoms with Gasteiger partial charge in [-0.2, -0.15) is 0 Å². The zero-order valence-corrected chi connectivity index (χ0v) is 13.0. The summed E-state index contributed by atoms with van der Waals surface area (Å²) in [4.78, 5) is 20.9. The molecule has 2 aromatic rings. The maximum absolute atomic E-state index is 12.6. The number of hydrogen-bond donors (Lipinski definition) is 1. The molecular weight excluding hydrogens is 270 g/mol. The Morgan fingerprint density at radius 2 is 2.10 bits per heavy atom. The molecule has 0 aliphatic carbocycles. The van der Waals surface area contributed by atoms with E-state index >= 15 is 0 Å². The lowest BCUT2D eigenvalue weighted by atomic mass is 10.1. The lowest BCUT2D eigenvalue weighted by Gasteiger charge is -2.24. The predicted molar refractivity (Wildman–Crippen MR) is 83.0 cm³/mol. The quantitative estimate of drug-likeness (QED) is 0.944. The van der Waals surface area contributed by atoms with Gasteiger partial charge in [0.1, 0.15) is 0 Å². The fourth-order valence-electron chi connectivity index (χ4n) is 2.00. The van der Waals surface area contributed by atoms with Gasteiger partial charge >= 0.3 is 0 Å². The number of hydrogen-bond acceptors (Lipinski definition) is 4. The molecule has 0 spiro atoms. The minimum Gasteiger partial charge on any atom is -0.397 e. The average molecular weight is 289 g/mol. The minimum atomic E-state index is -0.0548. The summed E-state index contributed by atoms with van der Waals surface area (Å²) in [5.41, 5.74) is 7.49. The Kier molecular flexibility index (Phi) is 4.09. The largest absolute Gasteiger partial charge is 0.397 e. The highest BCUT2D eigenvalue weighted by molar-refractivity contribution is 7.12. The smallest absolute Gasteiger partial charge is 0.256 e. The molecule has 2 rings (SSSR count). The van der Waals surface area contributed by atoms with Crippen molar-refractivity contribution in [3.05, 3.63) is 45.4 Å². The van der Waals surface area contributed by atoms with Crippen molar-refractivity contribution in [3.8, 4) is 0 Å². The van der Waals surface area contributed by atoms with Crippen molar-refractivity contribution >= 4 is 22.9 Å². The molecule has 5 heteroatoms. The highest BCUT2D eigenvalue weighted by Crippen LogP contribution is 2.27. The van der Waals surface area contributed by atoms with E-state index in [0.29, 0.717) is 16.9 Å². The van der Waals surface area contributed by atoms with Crippen LogP contribution in [0.5, 0.6) is 0 Å². The van der Waals surface area contributed by atoms with Crippen LogP contribution in [0.3, 0.4) is 0 Å². The van der Waals surface area contributed by atoms with Gasteiger partial charge in [0.05, 0.1) is 29.2 Å². The summed E-state index contributed by atoms with van der Waals surface area (Å²) in [5.74, 6) is -0.0548. The van der Waals surface area contributed by atoms with Crippen LogP contribution in [0.4, 0.5) is 5.69 Å². The molecule has 0 radical (unpaired) electrons. The first-order valence-electron chi connectivity index (χ1n) is 6.45. The Hall–Kier alpha value is -1.88. The maximum Gasteiger partial charge on any atom is 0.256 e. The zero-order chi connectivity index (χ0) is 14.9. The monoisotopic (exact) mass is 289 g/mol. The topological polar surface area (TPSA) is 59.2 Å². The highest BCUT2D eigenvalue weighted by atomic mass is 32.1. The molecule has 106 valence electrons. The Labute approximate surface area is 123 Å². The van der Waals surface area contributed by atoms with Gasteiger partial charge in [0.2, 0.25) is 0 Å². The zero-order valence-electron chi connectivity index (χ0n) is 12.2. The van der Waals surface area contributed by atoms with Crippen molar-refractivity contribution in [1.82, 2.24) is 9.88 Å². The summed E-state index contributed by atoms with van der Waals surface area (Å²) in [6, 6.07) is 5.86. The third kappa shape index (κ3) is 2.82. The van der Waals surface area contributed by atoms with Gasteiger partial charge in [-0.3, -0.25) is 9.78 Å². The number of nitrogens with zero attached hydrogens (tertiary/aromatic N) is 2. The number of aromatic nitrogens is 1. The van der Waals surface area contributed by atoms with E-state index in [1.165, 1.54) is 9.75 Å². The molecule has 20 heavy (non-hydrogen) atoms. The van der Waals surface area contributed by atoms with Crippen molar-refractivity contribution in [3.63, 3.8) is 0 Å². The van der Waals surface area contributed by atoms with Crippen LogP contribution < -0.4 is 5.73 Å². The first kappa shape index (κ1) is 14.5. The molecule has 0 saturated carbocycles. The number of anilines is 1. The van der Waals surface area contributed by atoms with Crippen LogP contribution in [0.25, 0.3) is 0 Å². The molecule has 0 aliphatic rings. The second-order valence-electron chi connectivity index (χ2n) is 4.94. The standard InChI is InChI=1S/C15H19N3OS/c1-9-5-6-14(20-9)11(3)18(4)15(19)13-7-12(16)8-17-10(13)2/h5-8,11H,16H2,1-4H3. The van der Waals surface area contributed by atoms with Gasteiger partial charge in [0.15, 0.2) is 0 Å². The number of thiophene rings is 1. The van der Waals surface area contributed by atoms with E-state index in [1.54, 1.807) is 28.5 Å². The van der Waals surface area contributed by atoms with E-state index in [9.17, 15) is 4.79 Å². The SMILES string of the molecule is Cc1ccc(C(C)N(C)C(=O)c2cc(N)cnc2C)s1. The van der Waals surface area contributed by atoms with Crippen molar-refractivity contribution < 1.29 is 4.79 Å². The molecule has 0 saturated heterocycles. The van der Waals surface area contributed by atoms with Crippen LogP contribution in [0, 0.1) is 13.8 Å². The molecule has 2 heterocycles. The molecule has 1 amide bonds. The number of carbonyl (C=O) groups excluding carboxylic acids is 1. The molecule has 0 aliphatic heterocycles. The fraction of sp³-hybridized carbons (Fsp3) is 0.333. The summed E-state index contributed by atoms with van der Waals surface area (Å²) in [6.07, 6.45) is 1.57. The van der Waals surface area contributed by atoms with Crippen molar-refractivity contribution in [2.45, 2.75) is 26.8 Å². The van der Waals surface area contributed by atoms with Crippen molar-refractivity contribution in [1.29, 1.82) is 0 Å². The third-order valence-corrected chi connectivity index (χ3v) is 4.58. The molecule has 1 unspecified atom stereocenters. The lowest BCUT2D eigenvalue weighted by Crippen LogP contribution is -2.30. The Bertz CT molecular complexity index is 636. The third-order valence-electron chi connectivity index (χ3n) is 3.41. The van der Waals surface area contributed by atoms with Crippen LogP contribution in [0.15, 0.2) is 24.4 Å². The van der Waals surface area contributed by atoms with Gasteiger partial charge < -0.3 is 10.6 Å². The van der Waals surface area contributed by atoms with E-state index in [1.807, 2.05) is 20.9 Å². The van der Waals surface area contributed by atoms with Crippen LogP contribution in [0.2, 0.25) is 0 Å². The van der Waals surface area contributed by atoms with Crippen LogP contribution in [0.1, 0.15) is 38.8 Å². The second kappa shape index (κ2) is 5.63. The van der Waals surface area contributed by atoms with E-state index in [2.05, 4.69) is 24.0 Å². The predicted octanol–water partition coefficient (Wildman–Crippen LogP) is 3.18. The summed E-state index contributed by atoms with van der Waals surface area (Å²) < 4.78 is 0. The first-order valence-corrected chi connectivity index (χ1v) is 7.27. The normalized spacial score (nSPS) is 12.2. The number of amides is 1. The molecular formula is C15H19N3OS. The van der Waals surface area contributed by atoms with Gasteiger partial charge in [-0.05, 0) is 39.0 Å². The second-order valence-corrected chi connectivity index (χ2v) is 6.26. The van der Waals surface area contributed by atoms with Gasteiger partial charge in [0, 0.05) is 16.8 Å². The van der Waals surface area contributed by atoms with Gasteiger partial charge in [0.25, 0.3) is 5.91 Å². The summed E-state index contributed by atoms with van der Waals surface area (Å²) >= 11 is 1.71. The summed E-state index contributed by atoms with van der Waals surface area (Å²) in [5, 5.41) is 0. The van der Waals surface area contributed by atoms with E-state index in [4.69, 9.17) is 5.73 Å². The first-order chi connectivity index (χ1) is 9.40. The molecule has 1 atom stereocenters. The lowest BCUT2D eigenvalue weighted by molar-refractivity contribution is 0.0744. The molecule has 2 aromatic heterocycles. The number of nitrogens with two attached hydrogens (primary N) is 1. The van der Waals surface area contributed by atoms with Crippen LogP contribution >= 0.6 is 11.3 Å². The number of pyridine rings is 1. The van der Waals surface area contributed by atoms with Crippen LogP contribution in [-0.4, -0.2) is 22.8 Å². The van der Waals surface area contributed by atoms with Crippen molar-refractivity contribution in [2.24, 2.45) is 0 Å². The number of carbonyl (C=O) groups is 1. The summed E-state index contributed by atoms with van der Waals surface area (Å²) in [7, 11) is 1.81. The van der Waals surface area contributed by atoms with Gasteiger partial charge in [-0.1, -0.05) is 0 Å². The van der Waals surface area contributed by atoms with Crippen LogP contribution in [-0.2, 0) is 0 Å². The molecule has 0 bridgehead atoms. The number of aryl methyl sites for hydroxylation is 2. The van der Waals surface area contributed by atoms with E-state index < -0.39 is 0 Å². The fourth-order valence-corrected chi connectivity index (χ4v) is 2.97. The molecule has 0 aromatic carbocycles. The number of rotatable bonds is 3. The van der Waals surface area contributed by atoms with Crippen molar-refractivity contribution in [2.75, 3.05) is 12.8 Å². The number of nitrogen functional groups attached to an aromatic ring is 1. The van der Waals surface area contributed by atoms with E-state index in [0.717, 1.165) is 0 Å². The van der Waals surface area contributed by atoms with Gasteiger partial charge in [-0.15, -0.1) is 11.3 Å². The maximum atomic E-state index is 12.6. The van der Waals surface area contributed by atoms with Gasteiger partial charge in [-0.25, -0.2) is 0 Å². The molecule has 4 nitrogen and oxygen atoms in total. The Morgan fingerprint density at radius 3 is 2.70 bits per heavy atom. The Balaban J connectivity index is 2.26. The average Bonchev–Trinajstić information content (AvgIpc) is 2.85. The highest BCUT2D eigenvalue weighted by Gasteiger charge is 2.21. The molecule has 0 fully saturated rings. The summed E-state index contributed by atoms with van der Waals surface area (Å²) in [6.45, 7) is 5.91.